The Morgan fingerprint density at radius 3 is 2.55 bits per heavy atom. The molecule has 0 spiro atoms. The number of hydrogen-bond acceptors (Lipinski definition) is 2. The maximum Gasteiger partial charge on any atom is 0.227 e. The van der Waals surface area contributed by atoms with Gasteiger partial charge in [-0.15, -0.1) is 0 Å². The van der Waals surface area contributed by atoms with Crippen LogP contribution in [0.1, 0.15) is 52.0 Å². The first-order valence-corrected chi connectivity index (χ1v) is 8.38. The number of benzene rings is 1. The first-order chi connectivity index (χ1) is 10.4. The first-order valence-electron chi connectivity index (χ1n) is 8.38. The third-order valence-electron chi connectivity index (χ3n) is 5.40. The maximum atomic E-state index is 12.7. The predicted molar refractivity (Wildman–Crippen MR) is 89.3 cm³/mol. The van der Waals surface area contributed by atoms with Crippen LogP contribution in [-0.4, -0.2) is 13.0 Å². The van der Waals surface area contributed by atoms with Crippen molar-refractivity contribution in [3.05, 3.63) is 23.8 Å². The van der Waals surface area contributed by atoms with Crippen LogP contribution in [0, 0.1) is 17.8 Å². The smallest absolute Gasteiger partial charge is 0.227 e. The number of carbonyl (C=O) groups excluding carboxylic acids is 1. The van der Waals surface area contributed by atoms with Gasteiger partial charge in [-0.25, -0.2) is 0 Å². The Kier molecular flexibility index (Phi) is 3.92. The van der Waals surface area contributed by atoms with Crippen LogP contribution in [0.15, 0.2) is 18.2 Å². The molecule has 22 heavy (non-hydrogen) atoms. The van der Waals surface area contributed by atoms with E-state index >= 15 is 0 Å². The molecule has 1 aromatic rings. The molecular weight excluding hydrogens is 274 g/mol. The van der Waals surface area contributed by atoms with E-state index in [9.17, 15) is 4.79 Å². The average molecular weight is 301 g/mol. The van der Waals surface area contributed by atoms with E-state index in [1.165, 1.54) is 24.8 Å². The lowest BCUT2D eigenvalue weighted by molar-refractivity contribution is -0.121. The van der Waals surface area contributed by atoms with Crippen molar-refractivity contribution in [3.8, 4) is 5.75 Å². The van der Waals surface area contributed by atoms with Gasteiger partial charge >= 0.3 is 0 Å². The Hall–Kier alpha value is -1.51. The van der Waals surface area contributed by atoms with E-state index in [1.54, 1.807) is 7.11 Å². The van der Waals surface area contributed by atoms with Gasteiger partial charge in [0.2, 0.25) is 5.91 Å². The van der Waals surface area contributed by atoms with Crippen molar-refractivity contribution in [2.45, 2.75) is 51.9 Å². The van der Waals surface area contributed by atoms with Crippen molar-refractivity contribution in [2.24, 2.45) is 17.8 Å². The molecule has 2 saturated carbocycles. The first kappa shape index (κ1) is 15.4. The molecule has 0 aliphatic heterocycles. The molecule has 120 valence electrons. The van der Waals surface area contributed by atoms with Crippen LogP contribution in [0.4, 0.5) is 5.69 Å². The van der Waals surface area contributed by atoms with Gasteiger partial charge in [0.25, 0.3) is 0 Å². The number of carbonyl (C=O) groups is 1. The molecule has 0 radical (unpaired) electrons. The van der Waals surface area contributed by atoms with E-state index in [2.05, 4.69) is 38.2 Å². The van der Waals surface area contributed by atoms with E-state index in [1.807, 2.05) is 6.07 Å². The fourth-order valence-corrected chi connectivity index (χ4v) is 4.06. The summed E-state index contributed by atoms with van der Waals surface area (Å²) in [6.45, 7) is 6.53. The summed E-state index contributed by atoms with van der Waals surface area (Å²) >= 11 is 0. The Morgan fingerprint density at radius 2 is 2.00 bits per heavy atom. The number of rotatable bonds is 3. The molecule has 2 fully saturated rings. The molecule has 0 saturated heterocycles. The van der Waals surface area contributed by atoms with Crippen molar-refractivity contribution >= 4 is 11.6 Å². The molecule has 2 aliphatic rings. The Bertz CT molecular complexity index is 573. The van der Waals surface area contributed by atoms with Gasteiger partial charge in [-0.2, -0.15) is 0 Å². The quantitative estimate of drug-likeness (QED) is 0.900. The third kappa shape index (κ3) is 2.86. The molecule has 1 amide bonds. The molecule has 3 heteroatoms. The van der Waals surface area contributed by atoms with Crippen LogP contribution in [-0.2, 0) is 10.2 Å². The number of nitrogens with one attached hydrogen (secondary N) is 1. The van der Waals surface area contributed by atoms with Gasteiger partial charge in [-0.1, -0.05) is 33.3 Å². The zero-order chi connectivity index (χ0) is 15.9. The highest BCUT2D eigenvalue weighted by Gasteiger charge is 2.43. The third-order valence-corrected chi connectivity index (χ3v) is 5.40. The molecule has 1 aromatic carbocycles. The minimum Gasteiger partial charge on any atom is -0.495 e. The van der Waals surface area contributed by atoms with E-state index in [-0.39, 0.29) is 17.2 Å². The summed E-state index contributed by atoms with van der Waals surface area (Å²) in [6.07, 6.45) is 4.86. The van der Waals surface area contributed by atoms with Crippen LogP contribution in [0.2, 0.25) is 0 Å². The number of hydrogen-bond donors (Lipinski definition) is 1. The van der Waals surface area contributed by atoms with Crippen molar-refractivity contribution in [1.82, 2.24) is 0 Å². The topological polar surface area (TPSA) is 38.3 Å². The number of methoxy groups -OCH3 is 1. The van der Waals surface area contributed by atoms with E-state index in [0.29, 0.717) is 5.92 Å². The van der Waals surface area contributed by atoms with Crippen LogP contribution in [0.5, 0.6) is 5.75 Å². The van der Waals surface area contributed by atoms with Crippen LogP contribution in [0.3, 0.4) is 0 Å². The summed E-state index contributed by atoms with van der Waals surface area (Å²) in [4.78, 5) is 12.7. The molecule has 1 N–H and O–H groups in total. The fraction of sp³-hybridized carbons (Fsp3) is 0.632. The lowest BCUT2D eigenvalue weighted by atomic mass is 9.86. The summed E-state index contributed by atoms with van der Waals surface area (Å²) in [5.41, 5.74) is 2.07. The number of amides is 1. The van der Waals surface area contributed by atoms with Gasteiger partial charge < -0.3 is 10.1 Å². The van der Waals surface area contributed by atoms with Gasteiger partial charge in [0, 0.05) is 5.92 Å². The second-order valence-electron chi connectivity index (χ2n) is 7.94. The fourth-order valence-electron chi connectivity index (χ4n) is 4.06. The summed E-state index contributed by atoms with van der Waals surface area (Å²) in [5, 5.41) is 3.14. The lowest BCUT2D eigenvalue weighted by Gasteiger charge is -2.24. The van der Waals surface area contributed by atoms with Crippen molar-refractivity contribution < 1.29 is 9.53 Å². The molecule has 0 unspecified atom stereocenters. The number of fused-ring (bicyclic) bond motifs is 2. The van der Waals surface area contributed by atoms with Crippen molar-refractivity contribution in [2.75, 3.05) is 12.4 Å². The maximum absolute atomic E-state index is 12.7. The largest absolute Gasteiger partial charge is 0.495 e. The van der Waals surface area contributed by atoms with Gasteiger partial charge in [0.05, 0.1) is 12.8 Å². The summed E-state index contributed by atoms with van der Waals surface area (Å²) < 4.78 is 5.42. The van der Waals surface area contributed by atoms with Gasteiger partial charge in [-0.3, -0.25) is 4.79 Å². The van der Waals surface area contributed by atoms with E-state index in [4.69, 9.17) is 4.74 Å². The molecule has 0 heterocycles. The second-order valence-corrected chi connectivity index (χ2v) is 7.94. The van der Waals surface area contributed by atoms with E-state index < -0.39 is 0 Å². The zero-order valence-electron chi connectivity index (χ0n) is 14.1. The normalized spacial score (nSPS) is 27.0. The van der Waals surface area contributed by atoms with E-state index in [0.717, 1.165) is 23.8 Å². The average Bonchev–Trinajstić information content (AvgIpc) is 3.09. The summed E-state index contributed by atoms with van der Waals surface area (Å²) in [5.74, 6) is 2.49. The molecular formula is C19H27NO2. The monoisotopic (exact) mass is 301 g/mol. The summed E-state index contributed by atoms with van der Waals surface area (Å²) in [6, 6.07) is 6.09. The highest BCUT2D eigenvalue weighted by Crippen LogP contribution is 2.48. The van der Waals surface area contributed by atoms with Crippen LogP contribution < -0.4 is 10.1 Å². The highest BCUT2D eigenvalue weighted by molar-refractivity contribution is 5.94. The lowest BCUT2D eigenvalue weighted by Crippen LogP contribution is -2.27. The zero-order valence-corrected chi connectivity index (χ0v) is 14.1. The Balaban J connectivity index is 1.80. The van der Waals surface area contributed by atoms with Gasteiger partial charge in [0.15, 0.2) is 0 Å². The van der Waals surface area contributed by atoms with Crippen LogP contribution in [0.25, 0.3) is 0 Å². The standard InChI is InChI=1S/C19H27NO2/c1-19(2,3)14-7-8-17(22-4)16(11-14)20-18(21)15-10-12-5-6-13(15)9-12/h7-8,11-13,15H,5-6,9-10H2,1-4H3,(H,20,21)/t12-,13-,15-/m0/s1. The number of ether oxygens (including phenoxy) is 1. The molecule has 2 bridgehead atoms. The second kappa shape index (κ2) is 5.60. The van der Waals surface area contributed by atoms with Gasteiger partial charge in [0.1, 0.15) is 5.75 Å². The Morgan fingerprint density at radius 1 is 1.23 bits per heavy atom. The minimum absolute atomic E-state index is 0.0537. The minimum atomic E-state index is 0.0537. The SMILES string of the molecule is COc1ccc(C(C)(C)C)cc1NC(=O)[C@H]1C[C@H]2CC[C@H]1C2. The molecule has 0 aromatic heterocycles. The summed E-state index contributed by atoms with van der Waals surface area (Å²) in [7, 11) is 1.65. The van der Waals surface area contributed by atoms with Crippen molar-refractivity contribution in [1.29, 1.82) is 0 Å². The Labute approximate surface area is 133 Å². The number of anilines is 1. The van der Waals surface area contributed by atoms with Crippen molar-refractivity contribution in [3.63, 3.8) is 0 Å². The van der Waals surface area contributed by atoms with Gasteiger partial charge in [-0.05, 0) is 54.2 Å². The molecule has 3 nitrogen and oxygen atoms in total. The molecule has 3 atom stereocenters. The molecule has 3 rings (SSSR count). The highest BCUT2D eigenvalue weighted by atomic mass is 16.5. The van der Waals surface area contributed by atoms with Crippen LogP contribution >= 0.6 is 0 Å². The molecule has 2 aliphatic carbocycles. The predicted octanol–water partition coefficient (Wildman–Crippen LogP) is 4.37.